The molecule has 1 saturated carbocycles. The van der Waals surface area contributed by atoms with E-state index in [1.807, 2.05) is 36.4 Å². The van der Waals surface area contributed by atoms with Gasteiger partial charge in [0.1, 0.15) is 11.3 Å². The standard InChI is InChI=1S/C30H31F3N4O4/c1-41-22-10-7-19(8-11-22)5-6-20-9-12-24-21(17-20)13-16-37(24)28-34-18-23(25(35-28)30(31,32)33)26(38)36-29(27(39)40)14-3-2-4-15-29/h7-12,17-18H,2-6,13-16H2,1H3,(H,36,38)(H,39,40). The summed E-state index contributed by atoms with van der Waals surface area (Å²) < 4.78 is 47.5. The molecule has 1 aromatic heterocycles. The van der Waals surface area contributed by atoms with Crippen molar-refractivity contribution in [3.8, 4) is 5.75 Å². The highest BCUT2D eigenvalue weighted by atomic mass is 19.4. The zero-order chi connectivity index (χ0) is 29.2. The number of carboxylic acid groups (broad SMARTS) is 1. The van der Waals surface area contributed by atoms with E-state index in [4.69, 9.17) is 4.74 Å². The number of halogens is 3. The van der Waals surface area contributed by atoms with Crippen molar-refractivity contribution < 1.29 is 32.6 Å². The molecule has 0 saturated heterocycles. The molecule has 2 heterocycles. The maximum Gasteiger partial charge on any atom is 0.434 e. The smallest absolute Gasteiger partial charge is 0.434 e. The lowest BCUT2D eigenvalue weighted by Gasteiger charge is -2.34. The van der Waals surface area contributed by atoms with Gasteiger partial charge >= 0.3 is 12.1 Å². The number of carbonyl (C=O) groups is 2. The predicted molar refractivity (Wildman–Crippen MR) is 146 cm³/mol. The Morgan fingerprint density at radius 1 is 1.05 bits per heavy atom. The van der Waals surface area contributed by atoms with Crippen molar-refractivity contribution >= 4 is 23.5 Å². The molecule has 8 nitrogen and oxygen atoms in total. The van der Waals surface area contributed by atoms with Gasteiger partial charge in [0.2, 0.25) is 5.95 Å². The molecular formula is C30H31F3N4O4. The van der Waals surface area contributed by atoms with Crippen molar-refractivity contribution in [1.82, 2.24) is 15.3 Å². The summed E-state index contributed by atoms with van der Waals surface area (Å²) in [6.07, 6.45) is 0.381. The average molecular weight is 569 g/mol. The lowest BCUT2D eigenvalue weighted by Crippen LogP contribution is -2.55. The number of anilines is 2. The Morgan fingerprint density at radius 2 is 1.73 bits per heavy atom. The summed E-state index contributed by atoms with van der Waals surface area (Å²) >= 11 is 0. The summed E-state index contributed by atoms with van der Waals surface area (Å²) in [5.74, 6) is -1.77. The fourth-order valence-corrected chi connectivity index (χ4v) is 5.62. The molecule has 0 bridgehead atoms. The number of aromatic nitrogens is 2. The van der Waals surface area contributed by atoms with Gasteiger partial charge in [-0.15, -0.1) is 0 Å². The monoisotopic (exact) mass is 568 g/mol. The van der Waals surface area contributed by atoms with Gasteiger partial charge in [-0.1, -0.05) is 43.5 Å². The number of nitrogens with one attached hydrogen (secondary N) is 1. The third-order valence-corrected chi connectivity index (χ3v) is 7.90. The Hall–Kier alpha value is -4.15. The summed E-state index contributed by atoms with van der Waals surface area (Å²) in [5.41, 5.74) is 0.202. The van der Waals surface area contributed by atoms with Crippen LogP contribution in [0.5, 0.6) is 5.75 Å². The molecule has 0 unspecified atom stereocenters. The maximum absolute atomic E-state index is 14.1. The molecule has 2 N–H and O–H groups in total. The number of aliphatic carboxylic acids is 1. The third kappa shape index (κ3) is 5.98. The molecule has 5 rings (SSSR count). The second-order valence-corrected chi connectivity index (χ2v) is 10.5. The zero-order valence-corrected chi connectivity index (χ0v) is 22.6. The number of carbonyl (C=O) groups excluding carboxylic acids is 1. The van der Waals surface area contributed by atoms with Gasteiger partial charge in [0.15, 0.2) is 5.69 Å². The van der Waals surface area contributed by atoms with Crippen LogP contribution in [0.2, 0.25) is 0 Å². The molecule has 2 aliphatic rings. The quantitative estimate of drug-likeness (QED) is 0.370. The Labute approximate surface area is 235 Å². The van der Waals surface area contributed by atoms with Gasteiger partial charge in [0, 0.05) is 18.4 Å². The van der Waals surface area contributed by atoms with Gasteiger partial charge in [0.05, 0.1) is 12.7 Å². The van der Waals surface area contributed by atoms with E-state index < -0.39 is 34.8 Å². The number of nitrogens with zero attached hydrogens (tertiary/aromatic N) is 3. The minimum atomic E-state index is -4.94. The Morgan fingerprint density at radius 3 is 2.39 bits per heavy atom. The van der Waals surface area contributed by atoms with Crippen LogP contribution >= 0.6 is 0 Å². The molecule has 1 aliphatic heterocycles. The minimum absolute atomic E-state index is 0.154. The minimum Gasteiger partial charge on any atom is -0.497 e. The molecule has 1 amide bonds. The number of hydrogen-bond acceptors (Lipinski definition) is 6. The molecule has 216 valence electrons. The van der Waals surface area contributed by atoms with Crippen LogP contribution in [0.1, 0.15) is 64.8 Å². The fourth-order valence-electron chi connectivity index (χ4n) is 5.62. The van der Waals surface area contributed by atoms with Crippen LogP contribution in [-0.2, 0) is 30.2 Å². The summed E-state index contributed by atoms with van der Waals surface area (Å²) in [6, 6.07) is 13.7. The van der Waals surface area contributed by atoms with Crippen LogP contribution < -0.4 is 15.0 Å². The molecule has 0 radical (unpaired) electrons. The van der Waals surface area contributed by atoms with E-state index >= 15 is 0 Å². The first-order valence-electron chi connectivity index (χ1n) is 13.6. The van der Waals surface area contributed by atoms with Gasteiger partial charge in [-0.3, -0.25) is 4.79 Å². The normalized spacial score (nSPS) is 16.2. The summed E-state index contributed by atoms with van der Waals surface area (Å²) in [6.45, 7) is 0.391. The van der Waals surface area contributed by atoms with Crippen molar-refractivity contribution in [2.24, 2.45) is 0 Å². The summed E-state index contributed by atoms with van der Waals surface area (Å²) in [4.78, 5) is 34.5. The van der Waals surface area contributed by atoms with Crippen LogP contribution in [0.4, 0.5) is 24.8 Å². The van der Waals surface area contributed by atoms with Gasteiger partial charge in [-0.2, -0.15) is 13.2 Å². The highest BCUT2D eigenvalue weighted by Gasteiger charge is 2.44. The number of aryl methyl sites for hydroxylation is 2. The number of rotatable bonds is 8. The van der Waals surface area contributed by atoms with Crippen LogP contribution in [0.15, 0.2) is 48.7 Å². The zero-order valence-electron chi connectivity index (χ0n) is 22.6. The number of amides is 1. The molecule has 1 fully saturated rings. The SMILES string of the molecule is COc1ccc(CCc2ccc3c(c2)CCN3c2ncc(C(=O)NC3(C(=O)O)CCCCC3)c(C(F)(F)F)n2)cc1. The largest absolute Gasteiger partial charge is 0.497 e. The second-order valence-electron chi connectivity index (χ2n) is 10.5. The lowest BCUT2D eigenvalue weighted by molar-refractivity contribution is -0.145. The highest BCUT2D eigenvalue weighted by molar-refractivity contribution is 5.98. The van der Waals surface area contributed by atoms with Gasteiger partial charge in [-0.25, -0.2) is 14.8 Å². The Balaban J connectivity index is 1.35. The predicted octanol–water partition coefficient (Wildman–Crippen LogP) is 5.50. The molecule has 11 heteroatoms. The first-order chi connectivity index (χ1) is 19.6. The first kappa shape index (κ1) is 28.4. The van der Waals surface area contributed by atoms with E-state index in [2.05, 4.69) is 21.4 Å². The van der Waals surface area contributed by atoms with E-state index in [1.165, 1.54) is 5.56 Å². The van der Waals surface area contributed by atoms with E-state index in [0.717, 1.165) is 48.0 Å². The van der Waals surface area contributed by atoms with Gasteiger partial charge in [0.25, 0.3) is 5.91 Å². The molecule has 3 aromatic rings. The lowest BCUT2D eigenvalue weighted by atomic mass is 9.81. The molecule has 2 aromatic carbocycles. The van der Waals surface area contributed by atoms with Crippen LogP contribution in [0.3, 0.4) is 0 Å². The van der Waals surface area contributed by atoms with Crippen LogP contribution in [0.25, 0.3) is 0 Å². The van der Waals surface area contributed by atoms with Crippen LogP contribution in [-0.4, -0.2) is 46.1 Å². The van der Waals surface area contributed by atoms with Crippen molar-refractivity contribution in [3.63, 3.8) is 0 Å². The molecule has 41 heavy (non-hydrogen) atoms. The Kier molecular flexibility index (Phi) is 7.88. The topological polar surface area (TPSA) is 105 Å². The maximum atomic E-state index is 14.1. The molecular weight excluding hydrogens is 537 g/mol. The molecule has 1 aliphatic carbocycles. The molecule has 0 spiro atoms. The van der Waals surface area contributed by atoms with Crippen molar-refractivity contribution in [2.45, 2.75) is 63.1 Å². The van der Waals surface area contributed by atoms with Gasteiger partial charge in [-0.05, 0) is 67.0 Å². The van der Waals surface area contributed by atoms with E-state index in [9.17, 15) is 27.9 Å². The van der Waals surface area contributed by atoms with Crippen LogP contribution in [0, 0.1) is 0 Å². The van der Waals surface area contributed by atoms with E-state index in [-0.39, 0.29) is 18.8 Å². The van der Waals surface area contributed by atoms with Gasteiger partial charge < -0.3 is 20.1 Å². The van der Waals surface area contributed by atoms with Crippen molar-refractivity contribution in [1.29, 1.82) is 0 Å². The summed E-state index contributed by atoms with van der Waals surface area (Å²) in [5, 5.41) is 12.1. The van der Waals surface area contributed by atoms with E-state index in [1.54, 1.807) is 12.0 Å². The second kappa shape index (κ2) is 11.4. The number of benzene rings is 2. The number of carboxylic acids is 1. The highest BCUT2D eigenvalue weighted by Crippen LogP contribution is 2.37. The number of fused-ring (bicyclic) bond motifs is 1. The summed E-state index contributed by atoms with van der Waals surface area (Å²) in [7, 11) is 1.62. The number of ether oxygens (including phenoxy) is 1. The number of alkyl halides is 3. The molecule has 0 atom stereocenters. The first-order valence-corrected chi connectivity index (χ1v) is 13.6. The van der Waals surface area contributed by atoms with E-state index in [0.29, 0.717) is 25.8 Å². The third-order valence-electron chi connectivity index (χ3n) is 7.90. The number of methoxy groups -OCH3 is 1. The van der Waals surface area contributed by atoms with Crippen molar-refractivity contribution in [2.75, 3.05) is 18.6 Å². The average Bonchev–Trinajstić information content (AvgIpc) is 3.39. The number of hydrogen-bond donors (Lipinski definition) is 2. The fraction of sp³-hybridized carbons (Fsp3) is 0.400. The Bertz CT molecular complexity index is 1440. The van der Waals surface area contributed by atoms with Crippen molar-refractivity contribution in [3.05, 3.63) is 76.6 Å².